The molecule has 1 N–H and O–H groups in total. The van der Waals surface area contributed by atoms with Gasteiger partial charge in [0.25, 0.3) is 5.91 Å². The quantitative estimate of drug-likeness (QED) is 0.841. The second kappa shape index (κ2) is 3.45. The minimum atomic E-state index is -4.38. The Morgan fingerprint density at radius 1 is 1.42 bits per heavy atom. The van der Waals surface area contributed by atoms with Crippen molar-refractivity contribution in [2.45, 2.75) is 44.9 Å². The van der Waals surface area contributed by atoms with Gasteiger partial charge in [-0.3, -0.25) is 4.79 Å². The Morgan fingerprint density at radius 2 is 2.11 bits per heavy atom. The molecule has 0 aromatic rings. The smallest absolute Gasteiger partial charge is 0.364 e. The van der Waals surface area contributed by atoms with E-state index in [2.05, 4.69) is 6.92 Å². The lowest BCUT2D eigenvalue weighted by atomic mass is 9.66. The third kappa shape index (κ3) is 1.41. The van der Waals surface area contributed by atoms with E-state index < -0.39 is 24.2 Å². The zero-order valence-electron chi connectivity index (χ0n) is 11.1. The monoisotopic (exact) mass is 277 g/mol. The van der Waals surface area contributed by atoms with E-state index >= 15 is 0 Å². The maximum absolute atomic E-state index is 12.3. The molecule has 2 aliphatic carbocycles. The highest BCUT2D eigenvalue weighted by Crippen LogP contribution is 2.74. The van der Waals surface area contributed by atoms with Crippen LogP contribution >= 0.6 is 0 Å². The van der Waals surface area contributed by atoms with Gasteiger partial charge in [0.2, 0.25) is 0 Å². The molecule has 0 spiro atoms. The van der Waals surface area contributed by atoms with Crippen LogP contribution in [0.3, 0.4) is 0 Å². The number of nitrogens with one attached hydrogen (secondary N) is 1. The molecule has 3 rings (SSSR count). The summed E-state index contributed by atoms with van der Waals surface area (Å²) in [7, 11) is 0. The lowest BCUT2D eigenvalue weighted by molar-refractivity contribution is -0.163. The molecule has 6 heteroatoms. The highest BCUT2D eigenvalue weighted by Gasteiger charge is 2.78. The Hall–Kier alpha value is -0.780. The van der Waals surface area contributed by atoms with Crippen LogP contribution in [0.25, 0.3) is 0 Å². The van der Waals surface area contributed by atoms with Crippen molar-refractivity contribution in [3.05, 3.63) is 0 Å². The summed E-state index contributed by atoms with van der Waals surface area (Å²) in [6.07, 6.45) is -1.92. The summed E-state index contributed by atoms with van der Waals surface area (Å²) in [4.78, 5) is 12.3. The van der Waals surface area contributed by atoms with E-state index in [0.717, 1.165) is 12.8 Å². The molecule has 1 amide bonds. The average molecular weight is 277 g/mol. The Bertz CT molecular complexity index is 438. The van der Waals surface area contributed by atoms with Crippen molar-refractivity contribution in [3.8, 4) is 0 Å². The zero-order chi connectivity index (χ0) is 14.1. The molecule has 0 unspecified atom stereocenters. The number of amides is 1. The molecule has 0 aromatic heterocycles. The van der Waals surface area contributed by atoms with E-state index in [1.807, 2.05) is 12.2 Å². The molecule has 1 heterocycles. The number of ether oxygens (including phenoxy) is 1. The maximum atomic E-state index is 12.3. The van der Waals surface area contributed by atoms with Gasteiger partial charge in [-0.2, -0.15) is 13.2 Å². The molecule has 3 nitrogen and oxygen atoms in total. The van der Waals surface area contributed by atoms with E-state index in [9.17, 15) is 18.0 Å². The van der Waals surface area contributed by atoms with Crippen molar-refractivity contribution in [1.82, 2.24) is 5.32 Å². The van der Waals surface area contributed by atoms with E-state index in [4.69, 9.17) is 4.74 Å². The summed E-state index contributed by atoms with van der Waals surface area (Å²) in [6.45, 7) is 3.30. The van der Waals surface area contributed by atoms with Crippen LogP contribution in [0.15, 0.2) is 0 Å². The molecule has 3 aliphatic rings. The summed E-state index contributed by atoms with van der Waals surface area (Å²) in [5.41, 5.74) is -1.45. The summed E-state index contributed by atoms with van der Waals surface area (Å²) in [6, 6.07) is 0. The van der Waals surface area contributed by atoms with Crippen LogP contribution in [0.4, 0.5) is 13.2 Å². The molecule has 108 valence electrons. The minimum Gasteiger partial charge on any atom is -0.364 e. The first kappa shape index (κ1) is 13.2. The van der Waals surface area contributed by atoms with Crippen molar-refractivity contribution in [2.75, 3.05) is 13.2 Å². The van der Waals surface area contributed by atoms with Gasteiger partial charge in [0.15, 0.2) is 5.60 Å². The molecule has 0 radical (unpaired) electrons. The van der Waals surface area contributed by atoms with E-state index in [0.29, 0.717) is 18.9 Å². The van der Waals surface area contributed by atoms with Gasteiger partial charge >= 0.3 is 6.18 Å². The number of rotatable bonds is 2. The molecule has 4 bridgehead atoms. The van der Waals surface area contributed by atoms with Crippen molar-refractivity contribution < 1.29 is 22.7 Å². The lowest BCUT2D eigenvalue weighted by Gasteiger charge is -2.40. The first-order valence-electron chi connectivity index (χ1n) is 6.64. The Morgan fingerprint density at radius 3 is 2.63 bits per heavy atom. The molecule has 0 aromatic carbocycles. The van der Waals surface area contributed by atoms with Gasteiger partial charge in [-0.25, -0.2) is 0 Å². The summed E-state index contributed by atoms with van der Waals surface area (Å²) >= 11 is 0. The first-order valence-corrected chi connectivity index (χ1v) is 6.64. The summed E-state index contributed by atoms with van der Waals surface area (Å²) in [5.74, 6) is -0.193. The van der Waals surface area contributed by atoms with Crippen LogP contribution in [0, 0.1) is 16.7 Å². The van der Waals surface area contributed by atoms with Crippen molar-refractivity contribution >= 4 is 5.91 Å². The number of alkyl halides is 3. The molecule has 3 fully saturated rings. The predicted octanol–water partition coefficient (Wildman–Crippen LogP) is 2.26. The second-order valence-electron chi connectivity index (χ2n) is 6.60. The van der Waals surface area contributed by atoms with Gasteiger partial charge in [-0.05, 0) is 25.2 Å². The molecule has 1 saturated heterocycles. The SMILES string of the molecule is C[C@]12CC[C@@H]3C[C@@]1(C(=O)NCC(F)(F)F)OC[C@@]32C. The number of hydrogen-bond acceptors (Lipinski definition) is 2. The van der Waals surface area contributed by atoms with Gasteiger partial charge in [-0.15, -0.1) is 0 Å². The average Bonchev–Trinajstić information content (AvgIpc) is 2.77. The van der Waals surface area contributed by atoms with Crippen LogP contribution < -0.4 is 5.32 Å². The standard InChI is InChI=1S/C13H18F3NO2/c1-10-7-19-12(9(18)17-6-13(14,15)16)5-8(10)3-4-11(10,12)2/h8H,3-7H2,1-2H3,(H,17,18)/t8-,10+,11-,12+/m1/s1. The Kier molecular flexibility index (Phi) is 2.40. The van der Waals surface area contributed by atoms with Gasteiger partial charge < -0.3 is 10.1 Å². The summed E-state index contributed by atoms with van der Waals surface area (Å²) < 4.78 is 42.5. The van der Waals surface area contributed by atoms with Gasteiger partial charge in [0.1, 0.15) is 6.54 Å². The molecular weight excluding hydrogens is 259 g/mol. The van der Waals surface area contributed by atoms with Gasteiger partial charge in [-0.1, -0.05) is 13.8 Å². The number of carbonyl (C=O) groups excluding carboxylic acids is 1. The van der Waals surface area contributed by atoms with Crippen molar-refractivity contribution in [1.29, 1.82) is 0 Å². The number of hydrogen-bond donors (Lipinski definition) is 1. The number of carbonyl (C=O) groups is 1. The predicted molar refractivity (Wildman–Crippen MR) is 61.3 cm³/mol. The second-order valence-corrected chi connectivity index (χ2v) is 6.60. The van der Waals surface area contributed by atoms with Crippen LogP contribution in [-0.4, -0.2) is 30.8 Å². The lowest BCUT2D eigenvalue weighted by Crippen LogP contribution is -2.56. The van der Waals surface area contributed by atoms with Crippen molar-refractivity contribution in [3.63, 3.8) is 0 Å². The fourth-order valence-electron chi connectivity index (χ4n) is 4.58. The fourth-order valence-corrected chi connectivity index (χ4v) is 4.58. The third-order valence-electron chi connectivity index (χ3n) is 6.01. The van der Waals surface area contributed by atoms with Crippen LogP contribution in [0.5, 0.6) is 0 Å². The maximum Gasteiger partial charge on any atom is 0.405 e. The minimum absolute atomic E-state index is 0.0669. The van der Waals surface area contributed by atoms with Gasteiger partial charge in [0, 0.05) is 10.8 Å². The van der Waals surface area contributed by atoms with Gasteiger partial charge in [0.05, 0.1) is 6.61 Å². The van der Waals surface area contributed by atoms with E-state index in [1.54, 1.807) is 0 Å². The molecule has 4 atom stereocenters. The van der Waals surface area contributed by atoms with E-state index in [1.165, 1.54) is 0 Å². The molecular formula is C13H18F3NO2. The largest absolute Gasteiger partial charge is 0.405 e. The molecule has 1 aliphatic heterocycles. The Labute approximate surface area is 109 Å². The van der Waals surface area contributed by atoms with Crippen LogP contribution in [-0.2, 0) is 9.53 Å². The summed E-state index contributed by atoms with van der Waals surface area (Å²) in [5, 5.41) is 2.02. The van der Waals surface area contributed by atoms with E-state index in [-0.39, 0.29) is 10.8 Å². The van der Waals surface area contributed by atoms with Crippen molar-refractivity contribution in [2.24, 2.45) is 16.7 Å². The third-order valence-corrected chi connectivity index (χ3v) is 6.01. The number of halogens is 3. The molecule has 2 saturated carbocycles. The highest BCUT2D eigenvalue weighted by atomic mass is 19.4. The fraction of sp³-hybridized carbons (Fsp3) is 0.923. The molecule has 19 heavy (non-hydrogen) atoms. The first-order chi connectivity index (χ1) is 8.65. The van der Waals surface area contributed by atoms with Crippen LogP contribution in [0.2, 0.25) is 0 Å². The highest BCUT2D eigenvalue weighted by molar-refractivity contribution is 5.88. The normalized spacial score (nSPS) is 47.7. The van der Waals surface area contributed by atoms with Crippen LogP contribution in [0.1, 0.15) is 33.1 Å². The topological polar surface area (TPSA) is 38.3 Å². The Balaban J connectivity index is 1.84. The zero-order valence-corrected chi connectivity index (χ0v) is 11.1.